The van der Waals surface area contributed by atoms with E-state index in [0.717, 1.165) is 0 Å². The molecular formula is C12H20F3KN-. The number of rotatable bonds is 0. The number of aromatic nitrogens is 1. The van der Waals surface area contributed by atoms with Gasteiger partial charge in [0.2, 0.25) is 0 Å². The SMILES string of the molecule is CC.CC.Cc1cc[c-]nc1C(F)(F)F.[CH3-].[K+]. The van der Waals surface area contributed by atoms with Crippen molar-refractivity contribution in [1.82, 2.24) is 4.98 Å². The topological polar surface area (TPSA) is 12.9 Å². The van der Waals surface area contributed by atoms with Gasteiger partial charge in [-0.15, -0.1) is 5.56 Å². The fourth-order valence-corrected chi connectivity index (χ4v) is 0.718. The Morgan fingerprint density at radius 3 is 1.76 bits per heavy atom. The molecule has 0 aliphatic heterocycles. The Morgan fingerprint density at radius 2 is 1.53 bits per heavy atom. The van der Waals surface area contributed by atoms with E-state index < -0.39 is 11.9 Å². The molecule has 0 aromatic carbocycles. The normalized spacial score (nSPS) is 8.24. The predicted octanol–water partition coefficient (Wildman–Crippen LogP) is 1.72. The molecule has 0 radical (unpaired) electrons. The first-order valence-electron chi connectivity index (χ1n) is 4.92. The second-order valence-corrected chi connectivity index (χ2v) is 2.10. The summed E-state index contributed by atoms with van der Waals surface area (Å²) in [7, 11) is 0. The van der Waals surface area contributed by atoms with Crippen LogP contribution in [-0.2, 0) is 6.18 Å². The molecule has 1 aromatic heterocycles. The summed E-state index contributed by atoms with van der Waals surface area (Å²) in [5.41, 5.74) is -0.740. The zero-order chi connectivity index (χ0) is 12.5. The van der Waals surface area contributed by atoms with E-state index in [0.29, 0.717) is 0 Å². The van der Waals surface area contributed by atoms with Gasteiger partial charge in [-0.25, -0.2) is 0 Å². The Kier molecular flexibility index (Phi) is 22.6. The van der Waals surface area contributed by atoms with E-state index in [2.05, 4.69) is 11.2 Å². The number of pyridine rings is 1. The molecule has 1 nitrogen and oxygen atoms in total. The first-order valence-corrected chi connectivity index (χ1v) is 4.92. The standard InChI is InChI=1S/C7H5F3N.2C2H6.CH3.K/c1-5-3-2-4-11-6(5)7(8,9)10;2*1-2;;/h2-3H,1H3;2*1-2H3;1H3;/q-1;;;-1;+1. The van der Waals surface area contributed by atoms with Crippen LogP contribution in [0.4, 0.5) is 13.2 Å². The van der Waals surface area contributed by atoms with E-state index in [-0.39, 0.29) is 64.4 Å². The van der Waals surface area contributed by atoms with Crippen molar-refractivity contribution >= 4 is 0 Å². The van der Waals surface area contributed by atoms with Gasteiger partial charge in [0.15, 0.2) is 0 Å². The van der Waals surface area contributed by atoms with Crippen LogP contribution in [0.25, 0.3) is 0 Å². The fourth-order valence-electron chi connectivity index (χ4n) is 0.718. The van der Waals surface area contributed by atoms with Gasteiger partial charge in [-0.1, -0.05) is 40.8 Å². The van der Waals surface area contributed by atoms with Crippen molar-refractivity contribution in [2.75, 3.05) is 0 Å². The Balaban J connectivity index is -0.000000128. The Labute approximate surface area is 146 Å². The smallest absolute Gasteiger partial charge is 0.382 e. The molecular weight excluding hydrogens is 254 g/mol. The molecule has 0 bridgehead atoms. The van der Waals surface area contributed by atoms with E-state index in [9.17, 15) is 13.2 Å². The molecule has 0 saturated carbocycles. The summed E-state index contributed by atoms with van der Waals surface area (Å²) in [6, 6.07) is 2.68. The number of hydrogen-bond acceptors (Lipinski definition) is 1. The molecule has 5 heteroatoms. The third kappa shape index (κ3) is 11.4. The third-order valence-corrected chi connectivity index (χ3v) is 1.23. The van der Waals surface area contributed by atoms with E-state index in [4.69, 9.17) is 0 Å². The maximum Gasteiger partial charge on any atom is 1.00 e. The van der Waals surface area contributed by atoms with Crippen LogP contribution in [0, 0.1) is 20.5 Å². The van der Waals surface area contributed by atoms with Crippen LogP contribution >= 0.6 is 0 Å². The second-order valence-electron chi connectivity index (χ2n) is 2.10. The Bertz CT molecular complexity index is 262. The zero-order valence-corrected chi connectivity index (χ0v) is 14.9. The minimum atomic E-state index is -4.36. The van der Waals surface area contributed by atoms with Gasteiger partial charge in [0.25, 0.3) is 0 Å². The van der Waals surface area contributed by atoms with Gasteiger partial charge in [-0.2, -0.15) is 25.3 Å². The van der Waals surface area contributed by atoms with Crippen LogP contribution in [0.15, 0.2) is 12.1 Å². The van der Waals surface area contributed by atoms with E-state index in [1.165, 1.54) is 19.1 Å². The Morgan fingerprint density at radius 1 is 1.12 bits per heavy atom. The van der Waals surface area contributed by atoms with Gasteiger partial charge < -0.3 is 12.4 Å². The minimum Gasteiger partial charge on any atom is -0.382 e. The van der Waals surface area contributed by atoms with Gasteiger partial charge in [-0.3, -0.25) is 0 Å². The molecule has 0 N–H and O–H groups in total. The molecule has 0 spiro atoms. The largest absolute Gasteiger partial charge is 1.00 e. The predicted molar refractivity (Wildman–Crippen MR) is 61.9 cm³/mol. The molecule has 0 unspecified atom stereocenters. The Hall–Kier alpha value is 0.576. The second kappa shape index (κ2) is 14.6. The summed E-state index contributed by atoms with van der Waals surface area (Å²) in [5.74, 6) is 0. The van der Waals surface area contributed by atoms with Crippen LogP contribution in [0.5, 0.6) is 0 Å². The minimum absolute atomic E-state index is 0. The van der Waals surface area contributed by atoms with Crippen molar-refractivity contribution in [2.24, 2.45) is 0 Å². The van der Waals surface area contributed by atoms with Crippen molar-refractivity contribution in [3.05, 3.63) is 37.0 Å². The van der Waals surface area contributed by atoms with Crippen molar-refractivity contribution in [3.8, 4) is 0 Å². The van der Waals surface area contributed by atoms with Gasteiger partial charge in [0, 0.05) is 5.69 Å². The zero-order valence-electron chi connectivity index (χ0n) is 11.7. The molecule has 1 rings (SSSR count). The van der Waals surface area contributed by atoms with Gasteiger partial charge in [-0.05, 0) is 0 Å². The average molecular weight is 274 g/mol. The van der Waals surface area contributed by atoms with E-state index in [1.54, 1.807) is 0 Å². The van der Waals surface area contributed by atoms with Crippen LogP contribution in [0.3, 0.4) is 0 Å². The molecule has 17 heavy (non-hydrogen) atoms. The first-order chi connectivity index (χ1) is 7.02. The summed E-state index contributed by atoms with van der Waals surface area (Å²) < 4.78 is 35.9. The number of aryl methyl sites for hydroxylation is 1. The summed E-state index contributed by atoms with van der Waals surface area (Å²) >= 11 is 0. The molecule has 1 heterocycles. The van der Waals surface area contributed by atoms with Crippen LogP contribution in [0.1, 0.15) is 39.0 Å². The van der Waals surface area contributed by atoms with Gasteiger partial charge >= 0.3 is 57.6 Å². The van der Waals surface area contributed by atoms with Crippen LogP contribution < -0.4 is 51.4 Å². The summed E-state index contributed by atoms with van der Waals surface area (Å²) in [5, 5.41) is 0. The number of alkyl halides is 3. The van der Waals surface area contributed by atoms with Crippen LogP contribution in [0.2, 0.25) is 0 Å². The summed E-state index contributed by atoms with van der Waals surface area (Å²) in [6.45, 7) is 9.36. The summed E-state index contributed by atoms with van der Waals surface area (Å²) in [4.78, 5) is 3.10. The van der Waals surface area contributed by atoms with Crippen molar-refractivity contribution < 1.29 is 64.6 Å². The molecule has 0 aliphatic rings. The van der Waals surface area contributed by atoms with Gasteiger partial charge in [0.1, 0.15) is 0 Å². The van der Waals surface area contributed by atoms with Crippen LogP contribution in [-0.4, -0.2) is 4.98 Å². The average Bonchev–Trinajstić information content (AvgIpc) is 2.23. The van der Waals surface area contributed by atoms with Crippen molar-refractivity contribution in [3.63, 3.8) is 0 Å². The number of halogens is 3. The molecule has 96 valence electrons. The molecule has 0 aliphatic carbocycles. The maximum absolute atomic E-state index is 12.0. The van der Waals surface area contributed by atoms with Gasteiger partial charge in [0.05, 0.1) is 0 Å². The first kappa shape index (κ1) is 26.2. The van der Waals surface area contributed by atoms with Crippen molar-refractivity contribution in [2.45, 2.75) is 40.8 Å². The maximum atomic E-state index is 12.0. The molecule has 0 fully saturated rings. The summed E-state index contributed by atoms with van der Waals surface area (Å²) in [6.07, 6.45) is -2.22. The molecule has 0 saturated heterocycles. The molecule has 0 atom stereocenters. The molecule has 1 aromatic rings. The molecule has 0 amide bonds. The third-order valence-electron chi connectivity index (χ3n) is 1.23. The quantitative estimate of drug-likeness (QED) is 0.518. The number of nitrogens with zero attached hydrogens (tertiary/aromatic N) is 1. The number of hydrogen-bond donors (Lipinski definition) is 0. The fraction of sp³-hybridized carbons (Fsp3) is 0.500. The van der Waals surface area contributed by atoms with Crippen molar-refractivity contribution in [1.29, 1.82) is 0 Å². The van der Waals surface area contributed by atoms with E-state index >= 15 is 0 Å². The van der Waals surface area contributed by atoms with E-state index in [1.807, 2.05) is 27.7 Å². The monoisotopic (exact) mass is 274 g/mol.